The third kappa shape index (κ3) is 3.20. The summed E-state index contributed by atoms with van der Waals surface area (Å²) < 4.78 is 1.84. The van der Waals surface area contributed by atoms with E-state index in [1.54, 1.807) is 24.4 Å². The van der Waals surface area contributed by atoms with Gasteiger partial charge >= 0.3 is 0 Å². The van der Waals surface area contributed by atoms with Gasteiger partial charge in [0.1, 0.15) is 5.69 Å². The van der Waals surface area contributed by atoms with Gasteiger partial charge in [0.25, 0.3) is 0 Å². The van der Waals surface area contributed by atoms with Gasteiger partial charge in [0.05, 0.1) is 23.7 Å². The molecule has 0 aliphatic rings. The first-order valence-electron chi connectivity index (χ1n) is 8.38. The van der Waals surface area contributed by atoms with Gasteiger partial charge in [-0.3, -0.25) is 9.48 Å². The van der Waals surface area contributed by atoms with Crippen molar-refractivity contribution in [2.75, 3.05) is 0 Å². The quantitative estimate of drug-likeness (QED) is 0.535. The topological polar surface area (TPSA) is 83.3 Å². The Bertz CT molecular complexity index is 963. The first-order valence-corrected chi connectivity index (χ1v) is 8.38. The predicted molar refractivity (Wildman–Crippen MR) is 99.1 cm³/mol. The van der Waals surface area contributed by atoms with Gasteiger partial charge in [-0.05, 0) is 45.4 Å². The number of aromatic hydroxyl groups is 1. The third-order valence-corrected chi connectivity index (χ3v) is 4.19. The smallest absolute Gasteiger partial charge is 0.198 e. The number of ketones is 1. The Hall–Kier alpha value is -2.89. The molecule has 1 aromatic carbocycles. The van der Waals surface area contributed by atoms with E-state index in [4.69, 9.17) is 0 Å². The van der Waals surface area contributed by atoms with E-state index in [2.05, 4.69) is 28.9 Å². The Morgan fingerprint density at radius 1 is 1.40 bits per heavy atom. The fourth-order valence-electron chi connectivity index (χ4n) is 2.82. The largest absolute Gasteiger partial charge is 0.494 e. The van der Waals surface area contributed by atoms with E-state index in [0.29, 0.717) is 17.5 Å². The lowest BCUT2D eigenvalue weighted by molar-refractivity contribution is 0.101. The predicted octanol–water partition coefficient (Wildman–Crippen LogP) is 4.38. The standard InChI is InChI=1S/C19H22N4O2/c1-5-16(21-14-9-20-23(10-14)11(2)3)18-15-8-13(12(4)24)6-7-17(15)22-19(18)25/h6-11,22,25H,5H2,1-4H3. The molecule has 0 amide bonds. The summed E-state index contributed by atoms with van der Waals surface area (Å²) in [6, 6.07) is 5.61. The number of nitrogens with one attached hydrogen (secondary N) is 1. The van der Waals surface area contributed by atoms with Gasteiger partial charge in [-0.25, -0.2) is 4.99 Å². The summed E-state index contributed by atoms with van der Waals surface area (Å²) in [4.78, 5) is 19.3. The SMILES string of the molecule is CCC(=Nc1cnn(C(C)C)c1)c1c(O)[nH]c2ccc(C(C)=O)cc12. The second-order valence-corrected chi connectivity index (χ2v) is 6.35. The molecule has 0 bridgehead atoms. The molecule has 25 heavy (non-hydrogen) atoms. The van der Waals surface area contributed by atoms with Crippen molar-refractivity contribution < 1.29 is 9.90 Å². The lowest BCUT2D eigenvalue weighted by Crippen LogP contribution is -2.00. The molecule has 3 aromatic rings. The van der Waals surface area contributed by atoms with Gasteiger partial charge in [-0.15, -0.1) is 0 Å². The number of benzene rings is 1. The van der Waals surface area contributed by atoms with Gasteiger partial charge < -0.3 is 10.1 Å². The second-order valence-electron chi connectivity index (χ2n) is 6.35. The molecule has 6 heteroatoms. The van der Waals surface area contributed by atoms with Crippen LogP contribution in [0.25, 0.3) is 10.9 Å². The van der Waals surface area contributed by atoms with Crippen LogP contribution in [0, 0.1) is 0 Å². The van der Waals surface area contributed by atoms with E-state index >= 15 is 0 Å². The van der Waals surface area contributed by atoms with Crippen molar-refractivity contribution in [1.29, 1.82) is 0 Å². The number of hydrogen-bond donors (Lipinski definition) is 2. The number of aromatic nitrogens is 3. The highest BCUT2D eigenvalue weighted by Gasteiger charge is 2.17. The number of hydrogen-bond acceptors (Lipinski definition) is 4. The van der Waals surface area contributed by atoms with E-state index < -0.39 is 0 Å². The Kier molecular flexibility index (Phi) is 4.44. The van der Waals surface area contributed by atoms with E-state index in [9.17, 15) is 9.90 Å². The number of H-pyrrole nitrogens is 1. The Balaban J connectivity index is 2.13. The van der Waals surface area contributed by atoms with Crippen molar-refractivity contribution in [2.45, 2.75) is 40.2 Å². The molecule has 2 aromatic heterocycles. The van der Waals surface area contributed by atoms with Gasteiger partial charge in [-0.1, -0.05) is 6.92 Å². The zero-order valence-electron chi connectivity index (χ0n) is 14.9. The highest BCUT2D eigenvalue weighted by atomic mass is 16.3. The molecule has 2 N–H and O–H groups in total. The van der Waals surface area contributed by atoms with Crippen LogP contribution in [-0.4, -0.2) is 31.4 Å². The van der Waals surface area contributed by atoms with Crippen molar-refractivity contribution in [1.82, 2.24) is 14.8 Å². The Morgan fingerprint density at radius 3 is 2.76 bits per heavy atom. The lowest BCUT2D eigenvalue weighted by atomic mass is 10.0. The molecular formula is C19H22N4O2. The summed E-state index contributed by atoms with van der Waals surface area (Å²) in [7, 11) is 0. The maximum absolute atomic E-state index is 11.7. The number of carbonyl (C=O) groups is 1. The first-order chi connectivity index (χ1) is 11.9. The molecule has 2 heterocycles. The van der Waals surface area contributed by atoms with Crippen LogP contribution in [0.5, 0.6) is 5.88 Å². The van der Waals surface area contributed by atoms with Crippen LogP contribution in [0.1, 0.15) is 56.1 Å². The fraction of sp³-hybridized carbons (Fsp3) is 0.316. The summed E-state index contributed by atoms with van der Waals surface area (Å²) in [5.41, 5.74) is 3.50. The number of aliphatic imine (C=N–C) groups is 1. The summed E-state index contributed by atoms with van der Waals surface area (Å²) in [6.45, 7) is 7.62. The lowest BCUT2D eigenvalue weighted by Gasteiger charge is -2.04. The van der Waals surface area contributed by atoms with Crippen LogP contribution in [0.4, 0.5) is 5.69 Å². The van der Waals surface area contributed by atoms with Crippen LogP contribution in [-0.2, 0) is 0 Å². The van der Waals surface area contributed by atoms with Crippen LogP contribution in [0.2, 0.25) is 0 Å². The average molecular weight is 338 g/mol. The van der Waals surface area contributed by atoms with Gasteiger partial charge in [0, 0.05) is 22.5 Å². The van der Waals surface area contributed by atoms with Crippen molar-refractivity contribution in [3.05, 3.63) is 41.7 Å². The van der Waals surface area contributed by atoms with E-state index in [1.165, 1.54) is 6.92 Å². The number of nitrogens with zero attached hydrogens (tertiary/aromatic N) is 3. The maximum atomic E-state index is 11.7. The first kappa shape index (κ1) is 17.0. The summed E-state index contributed by atoms with van der Waals surface area (Å²) in [5, 5.41) is 15.5. The van der Waals surface area contributed by atoms with Crippen molar-refractivity contribution in [3.8, 4) is 5.88 Å². The minimum atomic E-state index is -0.0123. The van der Waals surface area contributed by atoms with Crippen LogP contribution >= 0.6 is 0 Å². The molecule has 3 rings (SSSR count). The van der Waals surface area contributed by atoms with E-state index in [1.807, 2.05) is 17.8 Å². The molecule has 0 radical (unpaired) electrons. The van der Waals surface area contributed by atoms with Crippen molar-refractivity contribution >= 4 is 28.1 Å². The maximum Gasteiger partial charge on any atom is 0.198 e. The molecule has 0 aliphatic heterocycles. The number of aromatic amines is 1. The molecular weight excluding hydrogens is 316 g/mol. The molecule has 0 fully saturated rings. The molecule has 0 aliphatic carbocycles. The third-order valence-electron chi connectivity index (χ3n) is 4.19. The Morgan fingerprint density at radius 2 is 2.16 bits per heavy atom. The molecule has 0 saturated carbocycles. The zero-order chi connectivity index (χ0) is 18.1. The van der Waals surface area contributed by atoms with E-state index in [0.717, 1.165) is 22.3 Å². The van der Waals surface area contributed by atoms with Gasteiger partial charge in [-0.2, -0.15) is 5.10 Å². The number of fused-ring (bicyclic) bond motifs is 1. The van der Waals surface area contributed by atoms with Crippen molar-refractivity contribution in [3.63, 3.8) is 0 Å². The van der Waals surface area contributed by atoms with Crippen molar-refractivity contribution in [2.24, 2.45) is 4.99 Å². The minimum absolute atomic E-state index is 0.0123. The number of carbonyl (C=O) groups excluding carboxylic acids is 1. The molecule has 0 atom stereocenters. The fourth-order valence-corrected chi connectivity index (χ4v) is 2.82. The van der Waals surface area contributed by atoms with Crippen LogP contribution < -0.4 is 0 Å². The van der Waals surface area contributed by atoms with Crippen LogP contribution in [0.3, 0.4) is 0 Å². The summed E-state index contributed by atoms with van der Waals surface area (Å²) >= 11 is 0. The summed E-state index contributed by atoms with van der Waals surface area (Å²) in [6.07, 6.45) is 4.23. The normalized spacial score (nSPS) is 12.3. The molecule has 130 valence electrons. The molecule has 0 saturated heterocycles. The number of Topliss-reactive ketones (excluding diaryl/α,β-unsaturated/α-hetero) is 1. The minimum Gasteiger partial charge on any atom is -0.494 e. The molecule has 6 nitrogen and oxygen atoms in total. The molecule has 0 spiro atoms. The van der Waals surface area contributed by atoms with Gasteiger partial charge in [0.15, 0.2) is 11.7 Å². The monoisotopic (exact) mass is 338 g/mol. The second kappa shape index (κ2) is 6.55. The highest BCUT2D eigenvalue weighted by molar-refractivity contribution is 6.14. The summed E-state index contributed by atoms with van der Waals surface area (Å²) in [5.74, 6) is 0.0503. The molecule has 0 unspecified atom stereocenters. The average Bonchev–Trinajstić information content (AvgIpc) is 3.15. The van der Waals surface area contributed by atoms with Gasteiger partial charge in [0.2, 0.25) is 0 Å². The number of rotatable bonds is 5. The van der Waals surface area contributed by atoms with Crippen LogP contribution in [0.15, 0.2) is 35.6 Å². The zero-order valence-corrected chi connectivity index (χ0v) is 14.9. The highest BCUT2D eigenvalue weighted by Crippen LogP contribution is 2.31. The Labute approximate surface area is 146 Å². The van der Waals surface area contributed by atoms with E-state index in [-0.39, 0.29) is 17.7 Å².